The largest absolute Gasteiger partial charge is 0.493 e. The zero-order valence-electron chi connectivity index (χ0n) is 12.3. The molecule has 0 bridgehead atoms. The zero-order valence-corrected chi connectivity index (χ0v) is 13.0. The predicted octanol–water partition coefficient (Wildman–Crippen LogP) is 3.59. The number of ketones is 1. The van der Waals surface area contributed by atoms with E-state index in [0.717, 1.165) is 11.3 Å². The molecule has 0 radical (unpaired) electrons. The van der Waals surface area contributed by atoms with Crippen molar-refractivity contribution in [2.75, 3.05) is 13.2 Å². The van der Waals surface area contributed by atoms with Crippen LogP contribution in [0.2, 0.25) is 5.02 Å². The van der Waals surface area contributed by atoms with Crippen LogP contribution >= 0.6 is 11.6 Å². The first-order valence-electron chi connectivity index (χ1n) is 7.06. The molecule has 2 aromatic carbocycles. The lowest BCUT2D eigenvalue weighted by molar-refractivity contribution is 0.0474. The fraction of sp³-hybridized carbons (Fsp3) is 0.176. The van der Waals surface area contributed by atoms with E-state index in [4.69, 9.17) is 21.1 Å². The van der Waals surface area contributed by atoms with E-state index in [2.05, 4.69) is 0 Å². The van der Waals surface area contributed by atoms with Crippen LogP contribution in [0.4, 0.5) is 8.78 Å². The van der Waals surface area contributed by atoms with Crippen molar-refractivity contribution in [1.29, 1.82) is 0 Å². The Bertz CT molecular complexity index is 836. The van der Waals surface area contributed by atoms with Gasteiger partial charge in [-0.15, -0.1) is 0 Å². The average molecular weight is 353 g/mol. The molecule has 7 heteroatoms. The molecule has 0 saturated heterocycles. The van der Waals surface area contributed by atoms with Gasteiger partial charge in [0.2, 0.25) is 0 Å². The van der Waals surface area contributed by atoms with Crippen molar-refractivity contribution < 1.29 is 27.8 Å². The van der Waals surface area contributed by atoms with Gasteiger partial charge in [0.05, 0.1) is 17.2 Å². The summed E-state index contributed by atoms with van der Waals surface area (Å²) in [4.78, 5) is 24.0. The summed E-state index contributed by atoms with van der Waals surface area (Å²) in [5, 5.41) is -0.291. The van der Waals surface area contributed by atoms with Crippen molar-refractivity contribution in [3.8, 4) is 5.75 Å². The Morgan fingerprint density at radius 1 is 1.17 bits per heavy atom. The molecule has 0 spiro atoms. The molecule has 1 aliphatic rings. The van der Waals surface area contributed by atoms with Crippen LogP contribution in [0, 0.1) is 11.6 Å². The topological polar surface area (TPSA) is 52.6 Å². The maximum absolute atomic E-state index is 13.2. The Kier molecular flexibility index (Phi) is 4.49. The molecule has 4 nitrogen and oxygen atoms in total. The summed E-state index contributed by atoms with van der Waals surface area (Å²) in [6.45, 7) is 0.0321. The third-order valence-corrected chi connectivity index (χ3v) is 3.89. The van der Waals surface area contributed by atoms with Crippen LogP contribution in [0.15, 0.2) is 30.3 Å². The molecule has 0 fully saturated rings. The number of fused-ring (bicyclic) bond motifs is 1. The molecular weight excluding hydrogens is 342 g/mol. The van der Waals surface area contributed by atoms with Gasteiger partial charge in [0.15, 0.2) is 24.0 Å². The standard InChI is InChI=1S/C17H11ClF2O4/c18-12-7-14(20)13(19)6-11(12)17(22)24-8-15(21)9-1-2-16-10(5-9)3-4-23-16/h1-2,5-7H,3-4,8H2. The molecular formula is C17H11ClF2O4. The van der Waals surface area contributed by atoms with Crippen molar-refractivity contribution in [2.45, 2.75) is 6.42 Å². The Hall–Kier alpha value is -2.47. The summed E-state index contributed by atoms with van der Waals surface area (Å²) in [5.74, 6) is -3.09. The van der Waals surface area contributed by atoms with E-state index >= 15 is 0 Å². The van der Waals surface area contributed by atoms with Crippen LogP contribution in [-0.4, -0.2) is 25.0 Å². The molecule has 0 unspecified atom stereocenters. The van der Waals surface area contributed by atoms with Gasteiger partial charge < -0.3 is 9.47 Å². The number of carbonyl (C=O) groups is 2. The Balaban J connectivity index is 1.68. The van der Waals surface area contributed by atoms with E-state index in [1.165, 1.54) is 0 Å². The highest BCUT2D eigenvalue weighted by Crippen LogP contribution is 2.26. The van der Waals surface area contributed by atoms with Crippen molar-refractivity contribution >= 4 is 23.4 Å². The normalized spacial score (nSPS) is 12.5. The maximum Gasteiger partial charge on any atom is 0.340 e. The number of halogens is 3. The van der Waals surface area contributed by atoms with Gasteiger partial charge in [-0.2, -0.15) is 0 Å². The minimum atomic E-state index is -1.23. The first kappa shape index (κ1) is 16.4. The summed E-state index contributed by atoms with van der Waals surface area (Å²) < 4.78 is 36.4. The van der Waals surface area contributed by atoms with Crippen molar-refractivity contribution in [1.82, 2.24) is 0 Å². The number of benzene rings is 2. The molecule has 0 saturated carbocycles. The van der Waals surface area contributed by atoms with Crippen LogP contribution in [0.3, 0.4) is 0 Å². The first-order chi connectivity index (χ1) is 11.5. The molecule has 124 valence electrons. The van der Waals surface area contributed by atoms with Gasteiger partial charge in [-0.25, -0.2) is 13.6 Å². The number of ether oxygens (including phenoxy) is 2. The molecule has 0 N–H and O–H groups in total. The summed E-state index contributed by atoms with van der Waals surface area (Å²) in [6, 6.07) is 6.25. The Labute approximate surface area is 140 Å². The lowest BCUT2D eigenvalue weighted by Gasteiger charge is -2.07. The summed E-state index contributed by atoms with van der Waals surface area (Å²) in [6.07, 6.45) is 0.709. The minimum Gasteiger partial charge on any atom is -0.493 e. The maximum atomic E-state index is 13.2. The lowest BCUT2D eigenvalue weighted by atomic mass is 10.1. The second-order valence-corrected chi connectivity index (χ2v) is 5.57. The molecule has 0 atom stereocenters. The summed E-state index contributed by atoms with van der Waals surface area (Å²) >= 11 is 5.69. The number of esters is 1. The minimum absolute atomic E-state index is 0.291. The van der Waals surface area contributed by atoms with Gasteiger partial charge in [-0.05, 0) is 35.9 Å². The first-order valence-corrected chi connectivity index (χ1v) is 7.44. The fourth-order valence-corrected chi connectivity index (χ4v) is 2.56. The van der Waals surface area contributed by atoms with Crippen molar-refractivity contribution in [3.05, 3.63) is 63.7 Å². The fourth-order valence-electron chi connectivity index (χ4n) is 2.33. The van der Waals surface area contributed by atoms with E-state index in [9.17, 15) is 18.4 Å². The highest BCUT2D eigenvalue weighted by molar-refractivity contribution is 6.33. The smallest absolute Gasteiger partial charge is 0.340 e. The van der Waals surface area contributed by atoms with E-state index in [1.807, 2.05) is 0 Å². The highest BCUT2D eigenvalue weighted by Gasteiger charge is 2.19. The van der Waals surface area contributed by atoms with Gasteiger partial charge in [0.1, 0.15) is 5.75 Å². The summed E-state index contributed by atoms with van der Waals surface area (Å²) in [7, 11) is 0. The number of hydrogen-bond donors (Lipinski definition) is 0. The number of Topliss-reactive ketones (excluding diaryl/α,β-unsaturated/α-hetero) is 1. The second-order valence-electron chi connectivity index (χ2n) is 5.17. The Morgan fingerprint density at radius 3 is 2.71 bits per heavy atom. The molecule has 1 heterocycles. The van der Waals surface area contributed by atoms with E-state index in [0.29, 0.717) is 30.7 Å². The molecule has 24 heavy (non-hydrogen) atoms. The number of carbonyl (C=O) groups excluding carboxylic acids is 2. The van der Waals surface area contributed by atoms with Crippen LogP contribution in [0.25, 0.3) is 0 Å². The van der Waals surface area contributed by atoms with E-state index < -0.39 is 30.0 Å². The molecule has 0 aliphatic carbocycles. The number of hydrogen-bond acceptors (Lipinski definition) is 4. The van der Waals surface area contributed by atoms with E-state index in [-0.39, 0.29) is 10.6 Å². The summed E-state index contributed by atoms with van der Waals surface area (Å²) in [5.41, 5.74) is 0.949. The molecule has 0 amide bonds. The van der Waals surface area contributed by atoms with Gasteiger partial charge in [0.25, 0.3) is 0 Å². The van der Waals surface area contributed by atoms with Crippen LogP contribution < -0.4 is 4.74 Å². The van der Waals surface area contributed by atoms with Crippen molar-refractivity contribution in [2.24, 2.45) is 0 Å². The third-order valence-electron chi connectivity index (χ3n) is 3.58. The van der Waals surface area contributed by atoms with Gasteiger partial charge in [0, 0.05) is 12.0 Å². The SMILES string of the molecule is O=C(COC(=O)c1cc(F)c(F)cc1Cl)c1ccc2c(c1)CCO2. The van der Waals surface area contributed by atoms with Crippen LogP contribution in [0.1, 0.15) is 26.3 Å². The predicted molar refractivity (Wildman–Crippen MR) is 81.6 cm³/mol. The monoisotopic (exact) mass is 352 g/mol. The molecule has 0 aromatic heterocycles. The van der Waals surface area contributed by atoms with Crippen LogP contribution in [0.5, 0.6) is 5.75 Å². The highest BCUT2D eigenvalue weighted by atomic mass is 35.5. The van der Waals surface area contributed by atoms with E-state index in [1.54, 1.807) is 18.2 Å². The zero-order chi connectivity index (χ0) is 17.3. The van der Waals surface area contributed by atoms with Gasteiger partial charge >= 0.3 is 5.97 Å². The quantitative estimate of drug-likeness (QED) is 0.479. The molecule has 2 aromatic rings. The lowest BCUT2D eigenvalue weighted by Crippen LogP contribution is -2.15. The van der Waals surface area contributed by atoms with Crippen molar-refractivity contribution in [3.63, 3.8) is 0 Å². The Morgan fingerprint density at radius 2 is 1.92 bits per heavy atom. The van der Waals surface area contributed by atoms with Gasteiger partial charge in [-0.3, -0.25) is 4.79 Å². The number of rotatable bonds is 4. The molecule has 1 aliphatic heterocycles. The van der Waals surface area contributed by atoms with Gasteiger partial charge in [-0.1, -0.05) is 11.6 Å². The average Bonchev–Trinajstić information content (AvgIpc) is 3.03. The second kappa shape index (κ2) is 6.57. The molecule has 3 rings (SSSR count). The van der Waals surface area contributed by atoms with Crippen LogP contribution in [-0.2, 0) is 11.2 Å². The third kappa shape index (κ3) is 3.23.